The number of nitrogens with zero attached hydrogens (tertiary/aromatic N) is 4. The van der Waals surface area contributed by atoms with E-state index in [1.165, 1.54) is 0 Å². The van der Waals surface area contributed by atoms with Gasteiger partial charge in [-0.25, -0.2) is 4.52 Å². The maximum Gasteiger partial charge on any atom is 0.243 e. The standard InChI is InChI=1S/C16H22N8/c1-10-9-14(22-21-10)19-15-13-3-2-8-24(13)23-16(20-15)18-12-6-4-11(17)5-7-12/h2-3,8-9,11-12H,4-7,17H2,1H3,(H3,18,19,20,21,22,23). The van der Waals surface area contributed by atoms with Crippen molar-refractivity contribution in [2.75, 3.05) is 10.6 Å². The highest BCUT2D eigenvalue weighted by Gasteiger charge is 2.20. The second kappa shape index (κ2) is 6.12. The second-order valence-electron chi connectivity index (χ2n) is 6.44. The Balaban J connectivity index is 1.59. The summed E-state index contributed by atoms with van der Waals surface area (Å²) >= 11 is 0. The number of anilines is 3. The lowest BCUT2D eigenvalue weighted by Crippen LogP contribution is -2.33. The van der Waals surface area contributed by atoms with Crippen LogP contribution in [0.25, 0.3) is 5.52 Å². The molecule has 0 aromatic carbocycles. The summed E-state index contributed by atoms with van der Waals surface area (Å²) in [6.07, 6.45) is 6.10. The van der Waals surface area contributed by atoms with Crippen molar-refractivity contribution in [1.82, 2.24) is 24.8 Å². The molecule has 0 unspecified atom stereocenters. The number of H-pyrrole nitrogens is 1. The topological polar surface area (TPSA) is 109 Å². The van der Waals surface area contributed by atoms with E-state index < -0.39 is 0 Å². The fourth-order valence-corrected chi connectivity index (χ4v) is 3.14. The fraction of sp³-hybridized carbons (Fsp3) is 0.438. The third kappa shape index (κ3) is 3.05. The number of fused-ring (bicyclic) bond motifs is 1. The zero-order chi connectivity index (χ0) is 16.5. The average Bonchev–Trinajstić information content (AvgIpc) is 3.19. The Morgan fingerprint density at radius 1 is 1.29 bits per heavy atom. The van der Waals surface area contributed by atoms with Crippen molar-refractivity contribution >= 4 is 23.1 Å². The van der Waals surface area contributed by atoms with Crippen molar-refractivity contribution in [2.24, 2.45) is 5.73 Å². The highest BCUT2D eigenvalue weighted by molar-refractivity contribution is 5.73. The van der Waals surface area contributed by atoms with E-state index in [9.17, 15) is 0 Å². The molecule has 0 atom stereocenters. The van der Waals surface area contributed by atoms with Crippen molar-refractivity contribution in [1.29, 1.82) is 0 Å². The van der Waals surface area contributed by atoms with Gasteiger partial charge in [0.05, 0.1) is 0 Å². The van der Waals surface area contributed by atoms with E-state index in [1.54, 1.807) is 0 Å². The summed E-state index contributed by atoms with van der Waals surface area (Å²) in [5, 5.41) is 18.4. The number of nitrogens with one attached hydrogen (secondary N) is 3. The van der Waals surface area contributed by atoms with E-state index in [0.29, 0.717) is 18.0 Å². The van der Waals surface area contributed by atoms with Crippen molar-refractivity contribution in [3.63, 3.8) is 0 Å². The molecule has 3 aromatic heterocycles. The molecule has 0 saturated heterocycles. The summed E-state index contributed by atoms with van der Waals surface area (Å²) in [7, 11) is 0. The number of hydrogen-bond donors (Lipinski definition) is 4. The maximum absolute atomic E-state index is 5.98. The Morgan fingerprint density at radius 2 is 2.12 bits per heavy atom. The van der Waals surface area contributed by atoms with E-state index in [0.717, 1.165) is 48.5 Å². The average molecular weight is 326 g/mol. The van der Waals surface area contributed by atoms with Crippen LogP contribution < -0.4 is 16.4 Å². The minimum Gasteiger partial charge on any atom is -0.350 e. The number of aromatic amines is 1. The zero-order valence-electron chi connectivity index (χ0n) is 13.7. The molecule has 1 saturated carbocycles. The SMILES string of the molecule is Cc1cc(Nc2nc(NC3CCC(N)CC3)nn3cccc23)n[nH]1. The van der Waals surface area contributed by atoms with Crippen LogP contribution in [0.2, 0.25) is 0 Å². The van der Waals surface area contributed by atoms with Gasteiger partial charge in [-0.1, -0.05) is 0 Å². The van der Waals surface area contributed by atoms with Gasteiger partial charge in [-0.2, -0.15) is 10.1 Å². The Bertz CT molecular complexity index is 828. The van der Waals surface area contributed by atoms with Crippen molar-refractivity contribution in [3.05, 3.63) is 30.1 Å². The lowest BCUT2D eigenvalue weighted by molar-refractivity contribution is 0.409. The summed E-state index contributed by atoms with van der Waals surface area (Å²) < 4.78 is 1.83. The molecular weight excluding hydrogens is 304 g/mol. The summed E-state index contributed by atoms with van der Waals surface area (Å²) in [6.45, 7) is 1.96. The van der Waals surface area contributed by atoms with Gasteiger partial charge in [0.2, 0.25) is 5.95 Å². The molecule has 5 N–H and O–H groups in total. The van der Waals surface area contributed by atoms with Gasteiger partial charge in [0.15, 0.2) is 11.6 Å². The fourth-order valence-electron chi connectivity index (χ4n) is 3.14. The summed E-state index contributed by atoms with van der Waals surface area (Å²) in [4.78, 5) is 4.65. The van der Waals surface area contributed by atoms with Crippen LogP contribution in [0.4, 0.5) is 17.6 Å². The van der Waals surface area contributed by atoms with E-state index in [4.69, 9.17) is 5.73 Å². The molecule has 126 valence electrons. The first kappa shape index (κ1) is 14.9. The predicted molar refractivity (Wildman–Crippen MR) is 93.4 cm³/mol. The minimum absolute atomic E-state index is 0.330. The number of hydrogen-bond acceptors (Lipinski definition) is 6. The van der Waals surface area contributed by atoms with Crippen LogP contribution in [0.3, 0.4) is 0 Å². The number of aryl methyl sites for hydroxylation is 1. The van der Waals surface area contributed by atoms with Gasteiger partial charge in [0.1, 0.15) is 5.52 Å². The van der Waals surface area contributed by atoms with E-state index in [-0.39, 0.29) is 0 Å². The predicted octanol–water partition coefficient (Wildman–Crippen LogP) is 2.19. The molecule has 8 nitrogen and oxygen atoms in total. The van der Waals surface area contributed by atoms with Gasteiger partial charge in [-0.3, -0.25) is 5.10 Å². The first-order valence-electron chi connectivity index (χ1n) is 8.34. The molecule has 0 amide bonds. The Labute approximate surface area is 139 Å². The first-order valence-corrected chi connectivity index (χ1v) is 8.34. The van der Waals surface area contributed by atoms with E-state index in [2.05, 4.69) is 30.9 Å². The molecule has 1 fully saturated rings. The molecule has 1 aliphatic rings. The van der Waals surface area contributed by atoms with Crippen LogP contribution in [-0.4, -0.2) is 36.9 Å². The van der Waals surface area contributed by atoms with Crippen LogP contribution in [0.5, 0.6) is 0 Å². The first-order chi connectivity index (χ1) is 11.7. The van der Waals surface area contributed by atoms with Gasteiger partial charge >= 0.3 is 0 Å². The number of rotatable bonds is 4. The molecule has 0 spiro atoms. The van der Waals surface area contributed by atoms with E-state index in [1.807, 2.05) is 35.8 Å². The van der Waals surface area contributed by atoms with Crippen molar-refractivity contribution in [2.45, 2.75) is 44.7 Å². The van der Waals surface area contributed by atoms with Crippen LogP contribution in [-0.2, 0) is 0 Å². The van der Waals surface area contributed by atoms with Crippen LogP contribution in [0.15, 0.2) is 24.4 Å². The molecule has 4 rings (SSSR count). The molecular formula is C16H22N8. The highest BCUT2D eigenvalue weighted by atomic mass is 15.3. The van der Waals surface area contributed by atoms with Gasteiger partial charge in [0, 0.05) is 30.0 Å². The Morgan fingerprint density at radius 3 is 2.88 bits per heavy atom. The molecule has 0 bridgehead atoms. The lowest BCUT2D eigenvalue weighted by Gasteiger charge is -2.26. The Hall–Kier alpha value is -2.61. The largest absolute Gasteiger partial charge is 0.350 e. The monoisotopic (exact) mass is 326 g/mol. The minimum atomic E-state index is 0.330. The number of nitrogens with two attached hydrogens (primary N) is 1. The number of aromatic nitrogens is 5. The normalized spacial score (nSPS) is 21.1. The molecule has 0 aliphatic heterocycles. The third-order valence-corrected chi connectivity index (χ3v) is 4.45. The molecule has 1 aliphatic carbocycles. The molecule has 3 heterocycles. The van der Waals surface area contributed by atoms with Crippen molar-refractivity contribution < 1.29 is 0 Å². The van der Waals surface area contributed by atoms with Gasteiger partial charge < -0.3 is 16.4 Å². The molecule has 0 radical (unpaired) electrons. The quantitative estimate of drug-likeness (QED) is 0.585. The molecule has 8 heteroatoms. The van der Waals surface area contributed by atoms with Gasteiger partial charge in [-0.05, 0) is 44.7 Å². The van der Waals surface area contributed by atoms with Crippen LogP contribution in [0, 0.1) is 6.92 Å². The smallest absolute Gasteiger partial charge is 0.243 e. The maximum atomic E-state index is 5.98. The third-order valence-electron chi connectivity index (χ3n) is 4.45. The van der Waals surface area contributed by atoms with Crippen molar-refractivity contribution in [3.8, 4) is 0 Å². The van der Waals surface area contributed by atoms with Gasteiger partial charge in [0.25, 0.3) is 0 Å². The Kier molecular flexibility index (Phi) is 3.81. The van der Waals surface area contributed by atoms with Crippen LogP contribution >= 0.6 is 0 Å². The second-order valence-corrected chi connectivity index (χ2v) is 6.44. The molecule has 3 aromatic rings. The summed E-state index contributed by atoms with van der Waals surface area (Å²) in [5.41, 5.74) is 7.88. The van der Waals surface area contributed by atoms with Gasteiger partial charge in [-0.15, -0.1) is 5.10 Å². The van der Waals surface area contributed by atoms with E-state index >= 15 is 0 Å². The summed E-state index contributed by atoms with van der Waals surface area (Å²) in [6, 6.07) is 6.57. The summed E-state index contributed by atoms with van der Waals surface area (Å²) in [5.74, 6) is 2.09. The molecule has 24 heavy (non-hydrogen) atoms. The highest BCUT2D eigenvalue weighted by Crippen LogP contribution is 2.23. The zero-order valence-corrected chi connectivity index (χ0v) is 13.7. The van der Waals surface area contributed by atoms with Crippen LogP contribution in [0.1, 0.15) is 31.4 Å². The lowest BCUT2D eigenvalue weighted by atomic mass is 9.92.